The fourth-order valence-electron chi connectivity index (χ4n) is 5.57. The maximum absolute atomic E-state index is 12.5. The number of nitrogens with one attached hydrogen (secondary N) is 3. The fourth-order valence-corrected chi connectivity index (χ4v) is 6.38. The summed E-state index contributed by atoms with van der Waals surface area (Å²) in [4.78, 5) is 37.1. The number of hydrogen-bond acceptors (Lipinski definition) is 11. The average molecular weight is 715 g/mol. The molecule has 0 saturated heterocycles. The van der Waals surface area contributed by atoms with Crippen molar-refractivity contribution in [3.63, 3.8) is 0 Å². The van der Waals surface area contributed by atoms with Crippen molar-refractivity contribution in [2.45, 2.75) is 49.8 Å². The summed E-state index contributed by atoms with van der Waals surface area (Å²) < 4.78 is 18.7. The number of ether oxygens (including phenoxy) is 3. The smallest absolute Gasteiger partial charge is 0.337 e. The molecule has 2 atom stereocenters. The van der Waals surface area contributed by atoms with Crippen LogP contribution in [0.2, 0.25) is 0 Å². The van der Waals surface area contributed by atoms with E-state index in [1.54, 1.807) is 43.5 Å². The van der Waals surface area contributed by atoms with Crippen LogP contribution < -0.4 is 25.5 Å². The van der Waals surface area contributed by atoms with Gasteiger partial charge in [-0.05, 0) is 87.9 Å². The maximum Gasteiger partial charge on any atom is 0.337 e. The van der Waals surface area contributed by atoms with Crippen molar-refractivity contribution in [1.29, 1.82) is 0 Å². The lowest BCUT2D eigenvalue weighted by Gasteiger charge is -2.28. The number of carbonyl (C=O) groups is 2. The average Bonchev–Trinajstić information content (AvgIpc) is 3.39. The van der Waals surface area contributed by atoms with Crippen LogP contribution in [0.3, 0.4) is 0 Å². The van der Waals surface area contributed by atoms with Crippen molar-refractivity contribution in [2.75, 3.05) is 20.3 Å². The van der Waals surface area contributed by atoms with Crippen LogP contribution in [0.1, 0.15) is 42.4 Å². The van der Waals surface area contributed by atoms with Crippen LogP contribution in [0.15, 0.2) is 99.0 Å². The quantitative estimate of drug-likeness (QED) is 0.0418. The van der Waals surface area contributed by atoms with Crippen LogP contribution in [0.5, 0.6) is 11.5 Å². The number of allylic oxidation sites excluding steroid dienone is 1. The van der Waals surface area contributed by atoms with Gasteiger partial charge in [0, 0.05) is 50.3 Å². The molecule has 2 heterocycles. The Hall–Kier alpha value is -5.80. The Morgan fingerprint density at radius 2 is 1.75 bits per heavy atom. The molecule has 4 aromatic rings. The minimum Gasteiger partial charge on any atom is -0.490 e. The lowest BCUT2D eigenvalue weighted by molar-refractivity contribution is -0.384. The van der Waals surface area contributed by atoms with E-state index in [4.69, 9.17) is 14.2 Å². The Morgan fingerprint density at radius 1 is 1.06 bits per heavy atom. The number of nitro benzene ring substituents is 1. The van der Waals surface area contributed by atoms with Crippen molar-refractivity contribution >= 4 is 35.7 Å². The summed E-state index contributed by atoms with van der Waals surface area (Å²) in [5.41, 5.74) is 7.74. The van der Waals surface area contributed by atoms with E-state index in [9.17, 15) is 24.8 Å². The van der Waals surface area contributed by atoms with E-state index in [2.05, 4.69) is 25.7 Å². The number of nitrogens with zero attached hydrogens (tertiary/aromatic N) is 3. The van der Waals surface area contributed by atoms with Gasteiger partial charge in [-0.2, -0.15) is 5.10 Å². The number of aromatic nitrogens is 1. The number of urea groups is 1. The van der Waals surface area contributed by atoms with Gasteiger partial charge in [0.05, 0.1) is 36.5 Å². The van der Waals surface area contributed by atoms with Gasteiger partial charge in [0.25, 0.3) is 5.69 Å². The van der Waals surface area contributed by atoms with Gasteiger partial charge in [-0.3, -0.25) is 15.5 Å². The molecule has 4 N–H and O–H groups in total. The molecule has 2 amide bonds. The number of hydrogen-bond donors (Lipinski definition) is 4. The highest BCUT2D eigenvalue weighted by Crippen LogP contribution is 2.35. The number of methoxy groups -OCH3 is 1. The molecule has 0 bridgehead atoms. The molecule has 1 aromatic heterocycles. The monoisotopic (exact) mass is 714 g/mol. The molecule has 15 heteroatoms. The molecule has 1 aliphatic rings. The van der Waals surface area contributed by atoms with Gasteiger partial charge in [0.2, 0.25) is 0 Å². The molecular weight excluding hydrogens is 676 g/mol. The molecule has 3 aromatic carbocycles. The van der Waals surface area contributed by atoms with E-state index in [0.717, 1.165) is 32.4 Å². The zero-order chi connectivity index (χ0) is 36.7. The Bertz CT molecular complexity index is 1970. The summed E-state index contributed by atoms with van der Waals surface area (Å²) in [6.45, 7) is 7.58. The highest BCUT2D eigenvalue weighted by molar-refractivity contribution is 7.99. The molecular formula is C36H38N6O8S. The number of nitro groups is 1. The predicted octanol–water partition coefficient (Wildman–Crippen LogP) is 5.67. The van der Waals surface area contributed by atoms with Crippen molar-refractivity contribution in [3.05, 3.63) is 117 Å². The lowest BCUT2D eigenvalue weighted by atomic mass is 9.95. The van der Waals surface area contributed by atoms with Crippen molar-refractivity contribution in [2.24, 2.45) is 5.10 Å². The van der Waals surface area contributed by atoms with Crippen molar-refractivity contribution in [1.82, 2.24) is 20.6 Å². The third-order valence-corrected chi connectivity index (χ3v) is 8.96. The van der Waals surface area contributed by atoms with Gasteiger partial charge >= 0.3 is 12.0 Å². The number of aryl methyl sites for hydroxylation is 1. The SMILES string of the molecule is CCOc1cc([C@H]2NC(=O)NC(C)=C2C(=O)OC)ccc1OC[C@@H](O)N/N=C\c1cc(C)n(-c2ccc(Sc3ccc([N+](=O)[O-])cc3)cc2)c1C. The van der Waals surface area contributed by atoms with Gasteiger partial charge in [0.15, 0.2) is 17.7 Å². The Balaban J connectivity index is 1.20. The van der Waals surface area contributed by atoms with Gasteiger partial charge < -0.3 is 34.5 Å². The largest absolute Gasteiger partial charge is 0.490 e. The summed E-state index contributed by atoms with van der Waals surface area (Å²) >= 11 is 1.52. The number of hydrazone groups is 1. The molecule has 0 saturated carbocycles. The number of aliphatic hydroxyl groups excluding tert-OH is 1. The molecule has 0 unspecified atom stereocenters. The summed E-state index contributed by atoms with van der Waals surface area (Å²) in [5.74, 6) is 0.143. The zero-order valence-corrected chi connectivity index (χ0v) is 29.4. The molecule has 0 spiro atoms. The number of carbonyl (C=O) groups excluding carboxylic acids is 2. The first-order valence-electron chi connectivity index (χ1n) is 15.9. The summed E-state index contributed by atoms with van der Waals surface area (Å²) in [6, 6.07) is 20.3. The molecule has 5 rings (SSSR count). The minimum atomic E-state index is -1.15. The first-order valence-corrected chi connectivity index (χ1v) is 16.7. The lowest BCUT2D eigenvalue weighted by Crippen LogP contribution is -2.45. The molecule has 0 aliphatic carbocycles. The third kappa shape index (κ3) is 8.69. The van der Waals surface area contributed by atoms with Crippen LogP contribution >= 0.6 is 11.8 Å². The Kier molecular flexibility index (Phi) is 11.6. The first kappa shape index (κ1) is 36.5. The number of esters is 1. The molecule has 1 aliphatic heterocycles. The molecule has 0 fully saturated rings. The molecule has 51 heavy (non-hydrogen) atoms. The van der Waals surface area contributed by atoms with Crippen LogP contribution in [-0.2, 0) is 9.53 Å². The van der Waals surface area contributed by atoms with Crippen LogP contribution in [0.25, 0.3) is 5.69 Å². The number of non-ortho nitro benzene ring substituents is 1. The number of amides is 2. The Labute approximate surface area is 298 Å². The topological polar surface area (TPSA) is 179 Å². The second-order valence-electron chi connectivity index (χ2n) is 11.4. The van der Waals surface area contributed by atoms with Crippen molar-refractivity contribution in [3.8, 4) is 17.2 Å². The van der Waals surface area contributed by atoms with E-state index in [-0.39, 0.29) is 17.9 Å². The fraction of sp³-hybridized carbons (Fsp3) is 0.250. The van der Waals surface area contributed by atoms with Gasteiger partial charge in [-0.25, -0.2) is 9.59 Å². The standard InChI is InChI=1S/C36H38N6O8S/c1-6-49-31-18-24(34-33(35(44)48-5)22(3)38-36(45)39-34)7-16-30(31)50-20-32(43)40-37-19-25-17-21(2)41(23(25)4)26-8-12-28(13-9-26)51-29-14-10-27(11-15-29)42(46)47/h7-19,32,34,40,43H,6,20H2,1-5H3,(H2,38,39,45)/b37-19-/t32-,34-/m1/s1. The third-order valence-electron chi connectivity index (χ3n) is 7.95. The van der Waals surface area contributed by atoms with Gasteiger partial charge in [-0.15, -0.1) is 0 Å². The van der Waals surface area contributed by atoms with E-state index >= 15 is 0 Å². The summed E-state index contributed by atoms with van der Waals surface area (Å²) in [6.07, 6.45) is 0.475. The van der Waals surface area contributed by atoms with Crippen LogP contribution in [-0.4, -0.2) is 59.4 Å². The first-order chi connectivity index (χ1) is 24.5. The molecule has 266 valence electrons. The van der Waals surface area contributed by atoms with Crippen molar-refractivity contribution < 1.29 is 33.8 Å². The van der Waals surface area contributed by atoms with E-state index in [0.29, 0.717) is 29.4 Å². The van der Waals surface area contributed by atoms with E-state index in [1.807, 2.05) is 51.1 Å². The summed E-state index contributed by atoms with van der Waals surface area (Å²) in [5, 5.41) is 31.1. The Morgan fingerprint density at radius 3 is 2.39 bits per heavy atom. The van der Waals surface area contributed by atoms with Crippen LogP contribution in [0, 0.1) is 24.0 Å². The number of aliphatic hydroxyl groups is 1. The minimum absolute atomic E-state index is 0.0569. The highest BCUT2D eigenvalue weighted by atomic mass is 32.2. The molecule has 14 nitrogen and oxygen atoms in total. The molecule has 0 radical (unpaired) electrons. The normalized spacial score (nSPS) is 14.9. The maximum atomic E-state index is 12.5. The highest BCUT2D eigenvalue weighted by Gasteiger charge is 2.32. The summed E-state index contributed by atoms with van der Waals surface area (Å²) in [7, 11) is 1.27. The number of benzene rings is 3. The van der Waals surface area contributed by atoms with Gasteiger partial charge in [0.1, 0.15) is 6.61 Å². The second-order valence-corrected chi connectivity index (χ2v) is 12.6. The second kappa shape index (κ2) is 16.3. The number of rotatable bonds is 14. The predicted molar refractivity (Wildman–Crippen MR) is 191 cm³/mol. The van der Waals surface area contributed by atoms with Gasteiger partial charge in [-0.1, -0.05) is 17.8 Å². The van der Waals surface area contributed by atoms with E-state index < -0.39 is 29.2 Å². The van der Waals surface area contributed by atoms with Crippen LogP contribution in [0.4, 0.5) is 10.5 Å². The van der Waals surface area contributed by atoms with E-state index in [1.165, 1.54) is 31.0 Å². The zero-order valence-electron chi connectivity index (χ0n) is 28.6.